The first kappa shape index (κ1) is 15.0. The molecule has 2 rings (SSSR count). The standard InChI is InChI=1S/C12H14F3NO3S/c13-12(14,15)10-8-9(19-20(17)18)4-5-11(10)16-6-2-1-3-7-16/h4-5,8,20H,1-3,6-7H2. The van der Waals surface area contributed by atoms with E-state index in [0.29, 0.717) is 13.1 Å². The zero-order chi connectivity index (χ0) is 14.8. The summed E-state index contributed by atoms with van der Waals surface area (Å²) in [6.45, 7) is 1.14. The second kappa shape index (κ2) is 5.90. The van der Waals surface area contributed by atoms with Gasteiger partial charge in [0.2, 0.25) is 0 Å². The molecule has 8 heteroatoms. The van der Waals surface area contributed by atoms with Gasteiger partial charge in [0, 0.05) is 18.8 Å². The smallest absolute Gasteiger partial charge is 0.384 e. The molecule has 0 bridgehead atoms. The lowest BCUT2D eigenvalue weighted by atomic mass is 10.1. The van der Waals surface area contributed by atoms with E-state index in [2.05, 4.69) is 4.18 Å². The lowest BCUT2D eigenvalue weighted by molar-refractivity contribution is -0.137. The highest BCUT2D eigenvalue weighted by molar-refractivity contribution is 7.67. The number of benzene rings is 1. The van der Waals surface area contributed by atoms with E-state index < -0.39 is 22.7 Å². The van der Waals surface area contributed by atoms with Crippen molar-refractivity contribution in [3.05, 3.63) is 23.8 Å². The monoisotopic (exact) mass is 309 g/mol. The van der Waals surface area contributed by atoms with Crippen LogP contribution >= 0.6 is 0 Å². The van der Waals surface area contributed by atoms with Crippen molar-refractivity contribution in [3.63, 3.8) is 0 Å². The Balaban J connectivity index is 2.39. The Morgan fingerprint density at radius 3 is 2.30 bits per heavy atom. The number of hydrogen-bond donors (Lipinski definition) is 1. The first-order chi connectivity index (χ1) is 9.38. The fraction of sp³-hybridized carbons (Fsp3) is 0.500. The van der Waals surface area contributed by atoms with Crippen molar-refractivity contribution in [2.45, 2.75) is 25.4 Å². The van der Waals surface area contributed by atoms with Crippen molar-refractivity contribution in [1.82, 2.24) is 0 Å². The third-order valence-electron chi connectivity index (χ3n) is 3.15. The quantitative estimate of drug-likeness (QED) is 0.872. The van der Waals surface area contributed by atoms with Crippen LogP contribution in [0.3, 0.4) is 0 Å². The van der Waals surface area contributed by atoms with Gasteiger partial charge >= 0.3 is 6.18 Å². The number of thiol groups is 1. The average Bonchev–Trinajstić information content (AvgIpc) is 2.38. The summed E-state index contributed by atoms with van der Waals surface area (Å²) in [6, 6.07) is 3.24. The van der Waals surface area contributed by atoms with Crippen molar-refractivity contribution in [1.29, 1.82) is 0 Å². The number of hydrogen-bond acceptors (Lipinski definition) is 4. The third-order valence-corrected chi connectivity index (χ3v) is 3.51. The Kier molecular flexibility index (Phi) is 4.42. The molecule has 0 aromatic heterocycles. The molecule has 1 aliphatic rings. The highest BCUT2D eigenvalue weighted by Crippen LogP contribution is 2.39. The van der Waals surface area contributed by atoms with Crippen molar-refractivity contribution in [2.75, 3.05) is 18.0 Å². The molecule has 20 heavy (non-hydrogen) atoms. The van der Waals surface area contributed by atoms with Crippen molar-refractivity contribution in [2.24, 2.45) is 0 Å². The van der Waals surface area contributed by atoms with E-state index in [1.165, 1.54) is 12.1 Å². The van der Waals surface area contributed by atoms with Gasteiger partial charge in [-0.15, -0.1) is 0 Å². The zero-order valence-electron chi connectivity index (χ0n) is 10.5. The number of halogens is 3. The summed E-state index contributed by atoms with van der Waals surface area (Å²) in [6.07, 6.45) is -1.85. The fourth-order valence-corrected chi connectivity index (χ4v) is 2.58. The van der Waals surface area contributed by atoms with Gasteiger partial charge in [-0.2, -0.15) is 21.6 Å². The normalized spacial score (nSPS) is 16.5. The fourth-order valence-electron chi connectivity index (χ4n) is 2.30. The van der Waals surface area contributed by atoms with Gasteiger partial charge in [0.15, 0.2) is 0 Å². The van der Waals surface area contributed by atoms with Crippen LogP contribution in [0.15, 0.2) is 18.2 Å². The van der Waals surface area contributed by atoms with Gasteiger partial charge in [0.1, 0.15) is 5.75 Å². The van der Waals surface area contributed by atoms with Gasteiger partial charge in [0.25, 0.3) is 11.0 Å². The minimum atomic E-state index is -4.55. The molecule has 0 amide bonds. The van der Waals surface area contributed by atoms with E-state index in [0.717, 1.165) is 25.3 Å². The molecule has 0 aliphatic carbocycles. The van der Waals surface area contributed by atoms with Crippen molar-refractivity contribution < 1.29 is 25.8 Å². The molecule has 1 aromatic rings. The van der Waals surface area contributed by atoms with Gasteiger partial charge in [-0.25, -0.2) is 0 Å². The highest BCUT2D eigenvalue weighted by atomic mass is 32.2. The first-order valence-electron chi connectivity index (χ1n) is 6.16. The largest absolute Gasteiger partial charge is 0.418 e. The summed E-state index contributed by atoms with van der Waals surface area (Å²) in [5.74, 6) is -0.325. The molecule has 0 N–H and O–H groups in total. The van der Waals surface area contributed by atoms with Crippen molar-refractivity contribution in [3.8, 4) is 5.75 Å². The maximum atomic E-state index is 13.1. The van der Waals surface area contributed by atoms with Crippen LogP contribution in [0.25, 0.3) is 0 Å². The molecule has 1 saturated heterocycles. The van der Waals surface area contributed by atoms with E-state index in [9.17, 15) is 21.6 Å². The maximum absolute atomic E-state index is 13.1. The first-order valence-corrected chi connectivity index (χ1v) is 7.26. The van der Waals surface area contributed by atoms with E-state index in [-0.39, 0.29) is 11.4 Å². The van der Waals surface area contributed by atoms with Gasteiger partial charge in [-0.1, -0.05) is 0 Å². The molecule has 4 nitrogen and oxygen atoms in total. The molecular formula is C12H14F3NO3S. The van der Waals surface area contributed by atoms with Crippen molar-refractivity contribution >= 4 is 16.7 Å². The van der Waals surface area contributed by atoms with Gasteiger partial charge in [0.05, 0.1) is 5.56 Å². The number of piperidine rings is 1. The summed E-state index contributed by atoms with van der Waals surface area (Å²) >= 11 is 0. The summed E-state index contributed by atoms with van der Waals surface area (Å²) in [5, 5.41) is 0. The third kappa shape index (κ3) is 3.56. The molecule has 1 aromatic carbocycles. The zero-order valence-corrected chi connectivity index (χ0v) is 11.4. The van der Waals surface area contributed by atoms with Crippen LogP contribution in [0.5, 0.6) is 5.75 Å². The Hall–Kier alpha value is -1.44. The minimum Gasteiger partial charge on any atom is -0.384 e. The number of anilines is 1. The topological polar surface area (TPSA) is 46.6 Å². The lowest BCUT2D eigenvalue weighted by Crippen LogP contribution is -2.31. The summed E-state index contributed by atoms with van der Waals surface area (Å²) in [7, 11) is -3.23. The van der Waals surface area contributed by atoms with Crippen LogP contribution in [0.1, 0.15) is 24.8 Å². The molecular weight excluding hydrogens is 295 g/mol. The molecule has 0 spiro atoms. The number of nitrogens with zero attached hydrogens (tertiary/aromatic N) is 1. The van der Waals surface area contributed by atoms with Gasteiger partial charge < -0.3 is 9.08 Å². The SMILES string of the molecule is O=[SH](=O)Oc1ccc(N2CCCCC2)c(C(F)(F)F)c1. The van der Waals surface area contributed by atoms with Crippen LogP contribution in [0, 0.1) is 0 Å². The Labute approximate surface area is 116 Å². The Morgan fingerprint density at radius 1 is 1.10 bits per heavy atom. The summed E-state index contributed by atoms with van der Waals surface area (Å²) in [5.41, 5.74) is -0.792. The van der Waals surface area contributed by atoms with Crippen LogP contribution in [-0.2, 0) is 17.2 Å². The van der Waals surface area contributed by atoms with Crippen LogP contribution in [0.2, 0.25) is 0 Å². The van der Waals surface area contributed by atoms with E-state index in [4.69, 9.17) is 0 Å². The van der Waals surface area contributed by atoms with E-state index >= 15 is 0 Å². The average molecular weight is 309 g/mol. The molecule has 0 unspecified atom stereocenters. The minimum absolute atomic E-state index is 0.0747. The molecule has 0 radical (unpaired) electrons. The molecule has 1 aliphatic heterocycles. The Bertz CT molecular complexity index is 543. The molecule has 1 fully saturated rings. The summed E-state index contributed by atoms with van der Waals surface area (Å²) in [4.78, 5) is 1.67. The highest BCUT2D eigenvalue weighted by Gasteiger charge is 2.35. The van der Waals surface area contributed by atoms with E-state index in [1.807, 2.05) is 0 Å². The molecule has 1 heterocycles. The predicted octanol–water partition coefficient (Wildman–Crippen LogP) is 2.60. The molecule has 112 valence electrons. The lowest BCUT2D eigenvalue weighted by Gasteiger charge is -2.31. The van der Waals surface area contributed by atoms with Gasteiger partial charge in [-0.05, 0) is 37.5 Å². The van der Waals surface area contributed by atoms with Gasteiger partial charge in [-0.3, -0.25) is 0 Å². The van der Waals surface area contributed by atoms with Crippen LogP contribution < -0.4 is 9.08 Å². The molecule has 0 saturated carbocycles. The van der Waals surface area contributed by atoms with Crippen LogP contribution in [0.4, 0.5) is 18.9 Å². The second-order valence-electron chi connectivity index (χ2n) is 4.54. The Morgan fingerprint density at radius 2 is 1.75 bits per heavy atom. The van der Waals surface area contributed by atoms with Crippen LogP contribution in [-0.4, -0.2) is 21.5 Å². The predicted molar refractivity (Wildman–Crippen MR) is 68.5 cm³/mol. The van der Waals surface area contributed by atoms with E-state index in [1.54, 1.807) is 4.90 Å². The second-order valence-corrected chi connectivity index (χ2v) is 5.17. The summed E-state index contributed by atoms with van der Waals surface area (Å²) < 4.78 is 64.5. The number of alkyl halides is 3. The molecule has 0 atom stereocenters. The maximum Gasteiger partial charge on any atom is 0.418 e. The number of rotatable bonds is 3.